The van der Waals surface area contributed by atoms with Crippen LogP contribution in [0.1, 0.15) is 20.3 Å². The topological polar surface area (TPSA) is 28.6 Å². The van der Waals surface area contributed by atoms with Gasteiger partial charge in [0.15, 0.2) is 0 Å². The van der Waals surface area contributed by atoms with Gasteiger partial charge in [0, 0.05) is 12.1 Å². The van der Waals surface area contributed by atoms with Crippen LogP contribution in [0.2, 0.25) is 0 Å². The first-order chi connectivity index (χ1) is 4.60. The molecule has 0 radical (unpaired) electrons. The Kier molecular flexibility index (Phi) is 2.00. The maximum Gasteiger partial charge on any atom is 0.0959 e. The van der Waals surface area contributed by atoms with Gasteiger partial charge >= 0.3 is 0 Å². The van der Waals surface area contributed by atoms with E-state index < -0.39 is 0 Å². The maximum atomic E-state index is 3.94. The number of quaternary nitrogens is 1. The van der Waals surface area contributed by atoms with E-state index >= 15 is 0 Å². The molecule has 58 valence electrons. The summed E-state index contributed by atoms with van der Waals surface area (Å²) in [6, 6.07) is 0. The van der Waals surface area contributed by atoms with Crippen LogP contribution in [0, 0.1) is 0 Å². The minimum atomic E-state index is 0.348. The van der Waals surface area contributed by atoms with Crippen molar-refractivity contribution in [1.82, 2.24) is 5.32 Å². The van der Waals surface area contributed by atoms with E-state index in [2.05, 4.69) is 31.1 Å². The Bertz CT molecular complexity index is 138. The third kappa shape index (κ3) is 2.03. The van der Waals surface area contributed by atoms with Crippen LogP contribution in [0.15, 0.2) is 12.3 Å². The SMILES string of the molecule is C=C1CC(C)(C)[NH2+]CCN1. The van der Waals surface area contributed by atoms with Crippen LogP contribution in [0.25, 0.3) is 0 Å². The van der Waals surface area contributed by atoms with Gasteiger partial charge in [-0.1, -0.05) is 6.58 Å². The highest BCUT2D eigenvalue weighted by molar-refractivity contribution is 4.96. The van der Waals surface area contributed by atoms with Gasteiger partial charge in [0.1, 0.15) is 0 Å². The molecule has 0 saturated carbocycles. The van der Waals surface area contributed by atoms with Gasteiger partial charge in [-0.05, 0) is 13.8 Å². The molecule has 1 fully saturated rings. The second-order valence-corrected chi connectivity index (χ2v) is 3.69. The maximum absolute atomic E-state index is 3.94. The molecule has 0 aliphatic carbocycles. The van der Waals surface area contributed by atoms with Crippen LogP contribution in [-0.4, -0.2) is 18.6 Å². The summed E-state index contributed by atoms with van der Waals surface area (Å²) in [4.78, 5) is 0. The van der Waals surface area contributed by atoms with Gasteiger partial charge in [-0.25, -0.2) is 0 Å². The molecule has 0 bridgehead atoms. The second-order valence-electron chi connectivity index (χ2n) is 3.69. The minimum absolute atomic E-state index is 0.348. The van der Waals surface area contributed by atoms with Crippen LogP contribution < -0.4 is 10.6 Å². The summed E-state index contributed by atoms with van der Waals surface area (Å²) in [7, 11) is 0. The molecule has 2 nitrogen and oxygen atoms in total. The zero-order valence-corrected chi connectivity index (χ0v) is 6.91. The molecule has 1 rings (SSSR count). The highest BCUT2D eigenvalue weighted by Crippen LogP contribution is 2.08. The molecule has 1 heterocycles. The van der Waals surface area contributed by atoms with Crippen molar-refractivity contribution in [2.75, 3.05) is 13.1 Å². The number of nitrogens with one attached hydrogen (secondary N) is 1. The molecule has 3 N–H and O–H groups in total. The molecular formula is C8H17N2+. The first-order valence-corrected chi connectivity index (χ1v) is 3.86. The third-order valence-electron chi connectivity index (χ3n) is 1.89. The molecule has 0 aromatic carbocycles. The highest BCUT2D eigenvalue weighted by Gasteiger charge is 2.23. The van der Waals surface area contributed by atoms with Crippen molar-refractivity contribution < 1.29 is 5.32 Å². The fourth-order valence-electron chi connectivity index (χ4n) is 1.40. The Hall–Kier alpha value is -0.500. The monoisotopic (exact) mass is 141 g/mol. The summed E-state index contributed by atoms with van der Waals surface area (Å²) < 4.78 is 0. The van der Waals surface area contributed by atoms with E-state index in [1.807, 2.05) is 0 Å². The van der Waals surface area contributed by atoms with Crippen LogP contribution in [-0.2, 0) is 0 Å². The average Bonchev–Trinajstić information content (AvgIpc) is 1.90. The average molecular weight is 141 g/mol. The minimum Gasteiger partial charge on any atom is -0.383 e. The normalized spacial score (nSPS) is 25.2. The summed E-state index contributed by atoms with van der Waals surface area (Å²) in [5, 5.41) is 5.65. The molecule has 0 unspecified atom stereocenters. The smallest absolute Gasteiger partial charge is 0.0959 e. The summed E-state index contributed by atoms with van der Waals surface area (Å²) in [5.41, 5.74) is 1.53. The van der Waals surface area contributed by atoms with Crippen LogP contribution >= 0.6 is 0 Å². The van der Waals surface area contributed by atoms with Gasteiger partial charge in [0.25, 0.3) is 0 Å². The summed E-state index contributed by atoms with van der Waals surface area (Å²) in [5.74, 6) is 0. The number of hydrogen-bond acceptors (Lipinski definition) is 1. The van der Waals surface area contributed by atoms with E-state index in [4.69, 9.17) is 0 Å². The number of hydrogen-bond donors (Lipinski definition) is 2. The van der Waals surface area contributed by atoms with Gasteiger partial charge in [-0.15, -0.1) is 0 Å². The molecular weight excluding hydrogens is 124 g/mol. The van der Waals surface area contributed by atoms with E-state index in [0.29, 0.717) is 5.54 Å². The molecule has 0 aromatic rings. The predicted octanol–water partition coefficient (Wildman–Crippen LogP) is -0.165. The second kappa shape index (κ2) is 2.62. The zero-order chi connectivity index (χ0) is 7.61. The molecule has 2 heteroatoms. The van der Waals surface area contributed by atoms with Crippen LogP contribution in [0.5, 0.6) is 0 Å². The van der Waals surface area contributed by atoms with Crippen molar-refractivity contribution in [1.29, 1.82) is 0 Å². The zero-order valence-electron chi connectivity index (χ0n) is 6.91. The summed E-state index contributed by atoms with van der Waals surface area (Å²) in [6.07, 6.45) is 1.08. The lowest BCUT2D eigenvalue weighted by molar-refractivity contribution is -0.716. The molecule has 0 aromatic heterocycles. The Labute approximate surface area is 62.7 Å². The first kappa shape index (κ1) is 7.61. The Morgan fingerprint density at radius 1 is 1.60 bits per heavy atom. The van der Waals surface area contributed by atoms with E-state index in [1.54, 1.807) is 0 Å². The lowest BCUT2D eigenvalue weighted by Gasteiger charge is -2.19. The van der Waals surface area contributed by atoms with E-state index in [0.717, 1.165) is 19.5 Å². The molecule has 10 heavy (non-hydrogen) atoms. The van der Waals surface area contributed by atoms with Crippen molar-refractivity contribution >= 4 is 0 Å². The van der Waals surface area contributed by atoms with Crippen LogP contribution in [0.3, 0.4) is 0 Å². The first-order valence-electron chi connectivity index (χ1n) is 3.86. The summed E-state index contributed by atoms with van der Waals surface area (Å²) in [6.45, 7) is 10.7. The number of rotatable bonds is 0. The largest absolute Gasteiger partial charge is 0.383 e. The Morgan fingerprint density at radius 2 is 2.30 bits per heavy atom. The predicted molar refractivity (Wildman–Crippen MR) is 42.6 cm³/mol. The molecule has 0 atom stereocenters. The number of nitrogens with two attached hydrogens (primary N) is 1. The van der Waals surface area contributed by atoms with Gasteiger partial charge in [-0.2, -0.15) is 0 Å². The quantitative estimate of drug-likeness (QED) is 0.482. The van der Waals surface area contributed by atoms with Gasteiger partial charge in [0.05, 0.1) is 18.6 Å². The van der Waals surface area contributed by atoms with Gasteiger partial charge < -0.3 is 10.6 Å². The fourth-order valence-corrected chi connectivity index (χ4v) is 1.40. The molecule has 1 aliphatic heterocycles. The van der Waals surface area contributed by atoms with Crippen molar-refractivity contribution in [2.24, 2.45) is 0 Å². The van der Waals surface area contributed by atoms with Crippen LogP contribution in [0.4, 0.5) is 0 Å². The summed E-state index contributed by atoms with van der Waals surface area (Å²) >= 11 is 0. The molecule has 0 spiro atoms. The van der Waals surface area contributed by atoms with Crippen molar-refractivity contribution in [2.45, 2.75) is 25.8 Å². The standard InChI is InChI=1S/C8H16N2/c1-7-6-8(2,3)10-5-4-9-7/h9-10H,1,4-6H2,2-3H3/p+1. The van der Waals surface area contributed by atoms with E-state index in [9.17, 15) is 0 Å². The van der Waals surface area contributed by atoms with Gasteiger partial charge in [0.2, 0.25) is 0 Å². The van der Waals surface area contributed by atoms with E-state index in [-0.39, 0.29) is 0 Å². The Balaban J connectivity index is 2.54. The molecule has 0 amide bonds. The van der Waals surface area contributed by atoms with Crippen molar-refractivity contribution in [3.8, 4) is 0 Å². The van der Waals surface area contributed by atoms with E-state index in [1.165, 1.54) is 5.70 Å². The lowest BCUT2D eigenvalue weighted by atomic mass is 10.00. The highest BCUT2D eigenvalue weighted by atomic mass is 15.0. The third-order valence-corrected chi connectivity index (χ3v) is 1.89. The Morgan fingerprint density at radius 3 is 3.00 bits per heavy atom. The fraction of sp³-hybridized carbons (Fsp3) is 0.750. The molecule has 1 saturated heterocycles. The molecule has 1 aliphatic rings. The van der Waals surface area contributed by atoms with Gasteiger partial charge in [-0.3, -0.25) is 0 Å². The van der Waals surface area contributed by atoms with Crippen molar-refractivity contribution in [3.05, 3.63) is 12.3 Å². The lowest BCUT2D eigenvalue weighted by Crippen LogP contribution is -2.95. The van der Waals surface area contributed by atoms with Crippen molar-refractivity contribution in [3.63, 3.8) is 0 Å².